The lowest BCUT2D eigenvalue weighted by atomic mass is 10.0. The van der Waals surface area contributed by atoms with Gasteiger partial charge in [-0.05, 0) is 30.5 Å². The molecule has 0 heterocycles. The summed E-state index contributed by atoms with van der Waals surface area (Å²) in [5, 5.41) is 0. The molecule has 3 heteroatoms. The van der Waals surface area contributed by atoms with Gasteiger partial charge in [-0.3, -0.25) is 0 Å². The normalized spacial score (nSPS) is 11.8. The van der Waals surface area contributed by atoms with Crippen LogP contribution in [0.3, 0.4) is 0 Å². The molecular weight excluding hydrogens is 225 g/mol. The molecule has 0 spiro atoms. The molecule has 0 atom stereocenters. The van der Waals surface area contributed by atoms with Crippen molar-refractivity contribution in [2.75, 3.05) is 0 Å². The number of aryl methyl sites for hydroxylation is 1. The minimum Gasteiger partial charge on any atom is -0.166 e. The first-order valence-electron chi connectivity index (χ1n) is 6.20. The molecule has 0 aliphatic carbocycles. The fourth-order valence-corrected chi connectivity index (χ4v) is 1.79. The summed E-state index contributed by atoms with van der Waals surface area (Å²) in [6.45, 7) is 2.16. The molecule has 1 aromatic rings. The average molecular weight is 244 g/mol. The molecular formula is C14H19F3. The summed E-state index contributed by atoms with van der Waals surface area (Å²) in [7, 11) is 0. The Labute approximate surface area is 101 Å². The number of hydrogen-bond donors (Lipinski definition) is 0. The summed E-state index contributed by atoms with van der Waals surface area (Å²) in [5.41, 5.74) is 0.432. The molecule has 0 saturated heterocycles. The Morgan fingerprint density at radius 1 is 0.882 bits per heavy atom. The molecule has 0 bridgehead atoms. The van der Waals surface area contributed by atoms with Gasteiger partial charge in [0.15, 0.2) is 0 Å². The molecule has 0 unspecified atom stereocenters. The van der Waals surface area contributed by atoms with Crippen molar-refractivity contribution in [1.29, 1.82) is 0 Å². The Morgan fingerprint density at radius 3 is 2.00 bits per heavy atom. The van der Waals surface area contributed by atoms with E-state index in [0.29, 0.717) is 0 Å². The van der Waals surface area contributed by atoms with Crippen LogP contribution in [0.5, 0.6) is 0 Å². The molecule has 1 rings (SSSR count). The lowest BCUT2D eigenvalue weighted by Crippen LogP contribution is -2.04. The summed E-state index contributed by atoms with van der Waals surface area (Å²) >= 11 is 0. The van der Waals surface area contributed by atoms with Crippen molar-refractivity contribution in [3.63, 3.8) is 0 Å². The Kier molecular flexibility index (Phi) is 5.52. The molecule has 0 saturated carbocycles. The van der Waals surface area contributed by atoms with Gasteiger partial charge in [0.1, 0.15) is 0 Å². The van der Waals surface area contributed by atoms with Gasteiger partial charge in [-0.15, -0.1) is 0 Å². The molecule has 0 amide bonds. The largest absolute Gasteiger partial charge is 0.416 e. The SMILES string of the molecule is CCCCCCCc1ccc(C(F)(F)F)cc1. The Morgan fingerprint density at radius 2 is 1.47 bits per heavy atom. The van der Waals surface area contributed by atoms with Crippen molar-refractivity contribution in [2.45, 2.75) is 51.6 Å². The van der Waals surface area contributed by atoms with Crippen molar-refractivity contribution in [3.8, 4) is 0 Å². The minimum atomic E-state index is -4.22. The number of benzene rings is 1. The van der Waals surface area contributed by atoms with E-state index in [1.54, 1.807) is 12.1 Å². The highest BCUT2D eigenvalue weighted by molar-refractivity contribution is 5.24. The van der Waals surface area contributed by atoms with E-state index in [4.69, 9.17) is 0 Å². The lowest BCUT2D eigenvalue weighted by Gasteiger charge is -2.07. The number of unbranched alkanes of at least 4 members (excludes halogenated alkanes) is 4. The van der Waals surface area contributed by atoms with Crippen LogP contribution in [0.25, 0.3) is 0 Å². The molecule has 0 N–H and O–H groups in total. The van der Waals surface area contributed by atoms with Gasteiger partial charge in [-0.1, -0.05) is 44.7 Å². The zero-order chi connectivity index (χ0) is 12.7. The van der Waals surface area contributed by atoms with E-state index in [-0.39, 0.29) is 0 Å². The molecule has 0 fully saturated rings. The van der Waals surface area contributed by atoms with Crippen molar-refractivity contribution in [1.82, 2.24) is 0 Å². The van der Waals surface area contributed by atoms with Crippen LogP contribution in [0.4, 0.5) is 13.2 Å². The Bertz CT molecular complexity index is 311. The highest BCUT2D eigenvalue weighted by atomic mass is 19.4. The maximum Gasteiger partial charge on any atom is 0.416 e. The van der Waals surface area contributed by atoms with E-state index >= 15 is 0 Å². The molecule has 0 nitrogen and oxygen atoms in total. The van der Waals surface area contributed by atoms with Gasteiger partial charge < -0.3 is 0 Å². The molecule has 0 radical (unpaired) electrons. The van der Waals surface area contributed by atoms with Gasteiger partial charge in [-0.25, -0.2) is 0 Å². The minimum absolute atomic E-state index is 0.563. The molecule has 96 valence electrons. The highest BCUT2D eigenvalue weighted by Gasteiger charge is 2.29. The van der Waals surface area contributed by atoms with Crippen LogP contribution in [0.2, 0.25) is 0 Å². The predicted octanol–water partition coefficient (Wildman–Crippen LogP) is 5.22. The molecule has 0 aliphatic rings. The number of rotatable bonds is 6. The van der Waals surface area contributed by atoms with Crippen LogP contribution >= 0.6 is 0 Å². The second kappa shape index (κ2) is 6.67. The van der Waals surface area contributed by atoms with Crippen LogP contribution in [-0.4, -0.2) is 0 Å². The first kappa shape index (κ1) is 14.1. The third-order valence-electron chi connectivity index (χ3n) is 2.85. The standard InChI is InChI=1S/C14H19F3/c1-2-3-4-5-6-7-12-8-10-13(11-9-12)14(15,16)17/h8-11H,2-7H2,1H3. The summed E-state index contributed by atoms with van der Waals surface area (Å²) < 4.78 is 36.9. The third kappa shape index (κ3) is 5.24. The highest BCUT2D eigenvalue weighted by Crippen LogP contribution is 2.29. The van der Waals surface area contributed by atoms with E-state index in [0.717, 1.165) is 24.8 Å². The maximum absolute atomic E-state index is 12.3. The van der Waals surface area contributed by atoms with Crippen LogP contribution in [0.15, 0.2) is 24.3 Å². The van der Waals surface area contributed by atoms with Crippen molar-refractivity contribution >= 4 is 0 Å². The van der Waals surface area contributed by atoms with Crippen molar-refractivity contribution in [3.05, 3.63) is 35.4 Å². The summed E-state index contributed by atoms with van der Waals surface area (Å²) in [5.74, 6) is 0. The van der Waals surface area contributed by atoms with E-state index in [1.807, 2.05) is 0 Å². The third-order valence-corrected chi connectivity index (χ3v) is 2.85. The van der Waals surface area contributed by atoms with Gasteiger partial charge in [0.05, 0.1) is 5.56 Å². The summed E-state index contributed by atoms with van der Waals surface area (Å²) in [4.78, 5) is 0. The first-order valence-corrected chi connectivity index (χ1v) is 6.20. The van der Waals surface area contributed by atoms with Crippen LogP contribution in [-0.2, 0) is 12.6 Å². The smallest absolute Gasteiger partial charge is 0.166 e. The maximum atomic E-state index is 12.3. The van der Waals surface area contributed by atoms with E-state index in [9.17, 15) is 13.2 Å². The van der Waals surface area contributed by atoms with Gasteiger partial charge in [0, 0.05) is 0 Å². The van der Waals surface area contributed by atoms with Gasteiger partial charge in [0.25, 0.3) is 0 Å². The number of hydrogen-bond acceptors (Lipinski definition) is 0. The summed E-state index contributed by atoms with van der Waals surface area (Å²) in [6.07, 6.45) is 2.55. The van der Waals surface area contributed by atoms with Crippen LogP contribution < -0.4 is 0 Å². The second-order valence-electron chi connectivity index (χ2n) is 4.36. The van der Waals surface area contributed by atoms with E-state index in [2.05, 4.69) is 6.92 Å². The quantitative estimate of drug-likeness (QED) is 0.602. The van der Waals surface area contributed by atoms with E-state index < -0.39 is 11.7 Å². The molecule has 1 aromatic carbocycles. The van der Waals surface area contributed by atoms with Crippen molar-refractivity contribution in [2.24, 2.45) is 0 Å². The van der Waals surface area contributed by atoms with Gasteiger partial charge in [-0.2, -0.15) is 13.2 Å². The monoisotopic (exact) mass is 244 g/mol. The fraction of sp³-hybridized carbons (Fsp3) is 0.571. The zero-order valence-corrected chi connectivity index (χ0v) is 10.2. The number of halogens is 3. The number of alkyl halides is 3. The topological polar surface area (TPSA) is 0 Å². The lowest BCUT2D eigenvalue weighted by molar-refractivity contribution is -0.137. The van der Waals surface area contributed by atoms with Gasteiger partial charge >= 0.3 is 6.18 Å². The molecule has 0 aromatic heterocycles. The zero-order valence-electron chi connectivity index (χ0n) is 10.2. The summed E-state index contributed by atoms with van der Waals surface area (Å²) in [6, 6.07) is 5.51. The Hall–Kier alpha value is -0.990. The molecule has 17 heavy (non-hydrogen) atoms. The second-order valence-corrected chi connectivity index (χ2v) is 4.36. The average Bonchev–Trinajstić information content (AvgIpc) is 2.28. The van der Waals surface area contributed by atoms with Crippen LogP contribution in [0.1, 0.15) is 50.2 Å². The van der Waals surface area contributed by atoms with E-state index in [1.165, 1.54) is 31.4 Å². The predicted molar refractivity (Wildman–Crippen MR) is 63.9 cm³/mol. The van der Waals surface area contributed by atoms with Gasteiger partial charge in [0.2, 0.25) is 0 Å². The van der Waals surface area contributed by atoms with Crippen LogP contribution in [0, 0.1) is 0 Å². The first-order chi connectivity index (χ1) is 8.04. The molecule has 0 aliphatic heterocycles. The Balaban J connectivity index is 2.36. The fourth-order valence-electron chi connectivity index (χ4n) is 1.79. The van der Waals surface area contributed by atoms with Crippen molar-refractivity contribution < 1.29 is 13.2 Å².